The minimum Gasteiger partial charge on any atom is -0.488 e. The number of benzene rings is 2. The lowest BCUT2D eigenvalue weighted by atomic mass is 10.2. The zero-order valence-electron chi connectivity index (χ0n) is 13.5. The van der Waals surface area contributed by atoms with Gasteiger partial charge in [-0.1, -0.05) is 12.1 Å². The molecule has 0 bridgehead atoms. The largest absolute Gasteiger partial charge is 0.488 e. The number of nitrogens with one attached hydrogen (secondary N) is 1. The predicted octanol–water partition coefficient (Wildman–Crippen LogP) is 3.66. The van der Waals surface area contributed by atoms with Crippen LogP contribution in [0.25, 0.3) is 0 Å². The lowest BCUT2D eigenvalue weighted by molar-refractivity contribution is -0.384. The lowest BCUT2D eigenvalue weighted by Gasteiger charge is -2.09. The molecule has 0 saturated heterocycles. The minimum atomic E-state index is -0.431. The van der Waals surface area contributed by atoms with Crippen molar-refractivity contribution in [2.75, 3.05) is 11.2 Å². The van der Waals surface area contributed by atoms with E-state index in [-0.39, 0.29) is 5.69 Å². The summed E-state index contributed by atoms with van der Waals surface area (Å²) in [5.41, 5.74) is 10.0. The molecular formula is C17H15N5O3S. The molecule has 0 aliphatic heterocycles. The smallest absolute Gasteiger partial charge is 0.269 e. The highest BCUT2D eigenvalue weighted by Crippen LogP contribution is 2.20. The molecular weight excluding hydrogens is 354 g/mol. The summed E-state index contributed by atoms with van der Waals surface area (Å²) < 4.78 is 5.81. The van der Waals surface area contributed by atoms with Gasteiger partial charge in [-0.2, -0.15) is 5.10 Å². The Morgan fingerprint density at radius 3 is 2.73 bits per heavy atom. The van der Waals surface area contributed by atoms with E-state index in [9.17, 15) is 10.1 Å². The van der Waals surface area contributed by atoms with Crippen LogP contribution in [0.2, 0.25) is 0 Å². The molecule has 0 radical (unpaired) electrons. The van der Waals surface area contributed by atoms with E-state index in [1.165, 1.54) is 23.5 Å². The van der Waals surface area contributed by atoms with E-state index in [0.29, 0.717) is 23.3 Å². The van der Waals surface area contributed by atoms with Crippen LogP contribution < -0.4 is 15.9 Å². The molecule has 0 atom stereocenters. The van der Waals surface area contributed by atoms with Crippen LogP contribution in [-0.4, -0.2) is 16.1 Å². The van der Waals surface area contributed by atoms with E-state index < -0.39 is 4.92 Å². The fourth-order valence-corrected chi connectivity index (χ4v) is 2.64. The zero-order valence-corrected chi connectivity index (χ0v) is 14.3. The van der Waals surface area contributed by atoms with Crippen LogP contribution in [0.3, 0.4) is 0 Å². The van der Waals surface area contributed by atoms with Crippen LogP contribution in [0.5, 0.6) is 5.75 Å². The molecule has 3 aromatic rings. The third kappa shape index (κ3) is 4.54. The predicted molar refractivity (Wildman–Crippen MR) is 102 cm³/mol. The number of rotatable bonds is 7. The van der Waals surface area contributed by atoms with Gasteiger partial charge in [-0.15, -0.1) is 11.3 Å². The lowest BCUT2D eigenvalue weighted by Crippen LogP contribution is -1.99. The maximum absolute atomic E-state index is 10.7. The Morgan fingerprint density at radius 1 is 1.27 bits per heavy atom. The number of ether oxygens (including phenoxy) is 1. The molecule has 132 valence electrons. The third-order valence-corrected chi connectivity index (χ3v) is 4.11. The SMILES string of the molecule is Nc1csc(NN=Cc2ccccc2OCc2ccc([N+](=O)[O-])cc2)n1. The summed E-state index contributed by atoms with van der Waals surface area (Å²) in [7, 11) is 0. The van der Waals surface area contributed by atoms with Gasteiger partial charge in [0.1, 0.15) is 18.2 Å². The Balaban J connectivity index is 1.64. The number of anilines is 2. The number of non-ortho nitro benzene ring substituents is 1. The fraction of sp³-hybridized carbons (Fsp3) is 0.0588. The van der Waals surface area contributed by atoms with Crippen molar-refractivity contribution in [3.8, 4) is 5.75 Å². The van der Waals surface area contributed by atoms with Crippen molar-refractivity contribution in [2.24, 2.45) is 5.10 Å². The molecule has 0 spiro atoms. The number of nitrogens with two attached hydrogens (primary N) is 1. The second-order valence-corrected chi connectivity index (χ2v) is 6.06. The number of para-hydroxylation sites is 1. The van der Waals surface area contributed by atoms with E-state index in [1.54, 1.807) is 23.7 Å². The van der Waals surface area contributed by atoms with Crippen molar-refractivity contribution in [3.05, 3.63) is 75.2 Å². The number of nitrogen functional groups attached to an aromatic ring is 1. The van der Waals surface area contributed by atoms with Gasteiger partial charge in [0.2, 0.25) is 5.13 Å². The normalized spacial score (nSPS) is 10.8. The number of aromatic nitrogens is 1. The van der Waals surface area contributed by atoms with E-state index in [1.807, 2.05) is 24.3 Å². The molecule has 3 rings (SSSR count). The number of hydrogen-bond acceptors (Lipinski definition) is 8. The molecule has 3 N–H and O–H groups in total. The van der Waals surface area contributed by atoms with E-state index in [2.05, 4.69) is 15.5 Å². The van der Waals surface area contributed by atoms with Crippen LogP contribution in [0.1, 0.15) is 11.1 Å². The van der Waals surface area contributed by atoms with Crippen LogP contribution in [0, 0.1) is 10.1 Å². The molecule has 1 heterocycles. The molecule has 2 aromatic carbocycles. The molecule has 9 heteroatoms. The number of thiazole rings is 1. The number of nitrogens with zero attached hydrogens (tertiary/aromatic N) is 3. The maximum atomic E-state index is 10.7. The van der Waals surface area contributed by atoms with Gasteiger partial charge < -0.3 is 10.5 Å². The van der Waals surface area contributed by atoms with Crippen molar-refractivity contribution < 1.29 is 9.66 Å². The van der Waals surface area contributed by atoms with Gasteiger partial charge in [0.05, 0.1) is 11.1 Å². The van der Waals surface area contributed by atoms with E-state index >= 15 is 0 Å². The summed E-state index contributed by atoms with van der Waals surface area (Å²) in [6, 6.07) is 13.7. The summed E-state index contributed by atoms with van der Waals surface area (Å²) >= 11 is 1.36. The highest BCUT2D eigenvalue weighted by Gasteiger charge is 2.05. The fourth-order valence-electron chi connectivity index (χ4n) is 2.09. The van der Waals surface area contributed by atoms with Crippen molar-refractivity contribution >= 4 is 34.2 Å². The molecule has 0 amide bonds. The molecule has 0 aliphatic carbocycles. The minimum absolute atomic E-state index is 0.0511. The van der Waals surface area contributed by atoms with Gasteiger partial charge in [-0.25, -0.2) is 4.98 Å². The van der Waals surface area contributed by atoms with Crippen molar-refractivity contribution in [1.29, 1.82) is 0 Å². The zero-order chi connectivity index (χ0) is 18.4. The Morgan fingerprint density at radius 2 is 2.04 bits per heavy atom. The third-order valence-electron chi connectivity index (χ3n) is 3.35. The number of nitro benzene ring substituents is 1. The summed E-state index contributed by atoms with van der Waals surface area (Å²) in [5.74, 6) is 1.09. The van der Waals surface area contributed by atoms with Crippen molar-refractivity contribution in [2.45, 2.75) is 6.61 Å². The Bertz CT molecular complexity index is 924. The summed E-state index contributed by atoms with van der Waals surface area (Å²) in [6.45, 7) is 0.291. The first kappa shape index (κ1) is 17.4. The first-order chi connectivity index (χ1) is 12.6. The Labute approximate surface area is 153 Å². The molecule has 0 saturated carbocycles. The number of hydrazone groups is 1. The second-order valence-electron chi connectivity index (χ2n) is 5.20. The molecule has 8 nitrogen and oxygen atoms in total. The summed E-state index contributed by atoms with van der Waals surface area (Å²) in [6.07, 6.45) is 1.63. The van der Waals surface area contributed by atoms with Gasteiger partial charge in [0.15, 0.2) is 0 Å². The van der Waals surface area contributed by atoms with Crippen LogP contribution >= 0.6 is 11.3 Å². The molecule has 0 unspecified atom stereocenters. The molecule has 0 aliphatic rings. The van der Waals surface area contributed by atoms with Crippen molar-refractivity contribution in [3.63, 3.8) is 0 Å². The number of nitro groups is 1. The molecule has 0 fully saturated rings. The van der Waals surface area contributed by atoms with E-state index in [0.717, 1.165) is 11.1 Å². The monoisotopic (exact) mass is 369 g/mol. The van der Waals surface area contributed by atoms with Gasteiger partial charge in [-0.3, -0.25) is 15.5 Å². The van der Waals surface area contributed by atoms with Crippen LogP contribution in [-0.2, 0) is 6.61 Å². The van der Waals surface area contributed by atoms with E-state index in [4.69, 9.17) is 10.5 Å². The highest BCUT2D eigenvalue weighted by atomic mass is 32.1. The quantitative estimate of drug-likeness (QED) is 0.373. The van der Waals surface area contributed by atoms with Gasteiger partial charge in [-0.05, 0) is 29.8 Å². The number of hydrogen-bond donors (Lipinski definition) is 2. The molecule has 26 heavy (non-hydrogen) atoms. The van der Waals surface area contributed by atoms with Gasteiger partial charge in [0.25, 0.3) is 5.69 Å². The average Bonchev–Trinajstić information content (AvgIpc) is 3.06. The summed E-state index contributed by atoms with van der Waals surface area (Å²) in [5, 5.41) is 17.1. The van der Waals surface area contributed by atoms with Crippen molar-refractivity contribution in [1.82, 2.24) is 4.98 Å². The Kier molecular flexibility index (Phi) is 5.40. The second kappa shape index (κ2) is 8.08. The average molecular weight is 369 g/mol. The Hall–Kier alpha value is -3.46. The summed E-state index contributed by atoms with van der Waals surface area (Å²) in [4.78, 5) is 14.3. The van der Waals surface area contributed by atoms with Gasteiger partial charge >= 0.3 is 0 Å². The van der Waals surface area contributed by atoms with Crippen LogP contribution in [0.15, 0.2) is 59.0 Å². The first-order valence-electron chi connectivity index (χ1n) is 7.57. The standard InChI is InChI=1S/C17H15N5O3S/c18-16-11-26-17(20-16)21-19-9-13-3-1-2-4-15(13)25-10-12-5-7-14(8-6-12)22(23)24/h1-9,11H,10,18H2,(H,20,21). The molecule has 1 aromatic heterocycles. The van der Waals surface area contributed by atoms with Crippen LogP contribution in [0.4, 0.5) is 16.6 Å². The highest BCUT2D eigenvalue weighted by molar-refractivity contribution is 7.14. The first-order valence-corrected chi connectivity index (χ1v) is 8.45. The van der Waals surface area contributed by atoms with Gasteiger partial charge in [0, 0.05) is 23.1 Å². The topological polar surface area (TPSA) is 116 Å². The maximum Gasteiger partial charge on any atom is 0.269 e.